The van der Waals surface area contributed by atoms with Gasteiger partial charge in [0.2, 0.25) is 5.91 Å². The van der Waals surface area contributed by atoms with Crippen molar-refractivity contribution in [3.8, 4) is 5.69 Å². The van der Waals surface area contributed by atoms with Crippen molar-refractivity contribution >= 4 is 40.1 Å². The molecule has 1 fully saturated rings. The number of aromatic nitrogens is 4. The zero-order chi connectivity index (χ0) is 24.4. The van der Waals surface area contributed by atoms with Crippen molar-refractivity contribution < 1.29 is 9.59 Å². The fraction of sp³-hybridized carbons (Fsp3) is 0.269. The second-order valence-electron chi connectivity index (χ2n) is 8.63. The highest BCUT2D eigenvalue weighted by molar-refractivity contribution is 6.30. The Hall–Kier alpha value is -3.78. The van der Waals surface area contributed by atoms with Gasteiger partial charge in [-0.2, -0.15) is 5.10 Å². The van der Waals surface area contributed by atoms with E-state index in [4.69, 9.17) is 11.6 Å². The summed E-state index contributed by atoms with van der Waals surface area (Å²) in [4.78, 5) is 38.1. The first-order valence-corrected chi connectivity index (χ1v) is 11.9. The van der Waals surface area contributed by atoms with Crippen LogP contribution in [0.4, 0.5) is 5.82 Å². The molecule has 1 aliphatic rings. The molecule has 1 amide bonds. The third-order valence-corrected chi connectivity index (χ3v) is 6.50. The lowest BCUT2D eigenvalue weighted by Gasteiger charge is -2.35. The average Bonchev–Trinajstić information content (AvgIpc) is 3.32. The predicted octanol–water partition coefficient (Wildman–Crippen LogP) is 4.09. The number of carbonyl (C=O) groups is 2. The number of rotatable bonds is 6. The molecule has 1 aliphatic heterocycles. The van der Waals surface area contributed by atoms with E-state index in [-0.39, 0.29) is 24.5 Å². The number of fused-ring (bicyclic) bond motifs is 1. The summed E-state index contributed by atoms with van der Waals surface area (Å²) >= 11 is 6.15. The summed E-state index contributed by atoms with van der Waals surface area (Å²) in [5.74, 6) is 0.800. The summed E-state index contributed by atoms with van der Waals surface area (Å²) in [5, 5.41) is 5.98. The molecular weight excluding hydrogens is 464 g/mol. The molecule has 0 radical (unpaired) electrons. The van der Waals surface area contributed by atoms with Crippen LogP contribution in [-0.2, 0) is 4.79 Å². The van der Waals surface area contributed by atoms with Crippen LogP contribution in [0.3, 0.4) is 0 Å². The number of nitrogens with zero attached hydrogens (tertiary/aromatic N) is 6. The minimum Gasteiger partial charge on any atom is -0.352 e. The fourth-order valence-corrected chi connectivity index (χ4v) is 4.50. The van der Waals surface area contributed by atoms with E-state index in [9.17, 15) is 9.59 Å². The molecule has 1 saturated heterocycles. The number of halogens is 1. The zero-order valence-electron chi connectivity index (χ0n) is 19.4. The Labute approximate surface area is 208 Å². The highest BCUT2D eigenvalue weighted by Gasteiger charge is 2.24. The predicted molar refractivity (Wildman–Crippen MR) is 135 cm³/mol. The molecule has 3 heterocycles. The summed E-state index contributed by atoms with van der Waals surface area (Å²) < 4.78 is 1.75. The first-order chi connectivity index (χ1) is 17.0. The molecule has 2 aromatic heterocycles. The molecule has 0 saturated carbocycles. The Kier molecular flexibility index (Phi) is 6.46. The first-order valence-electron chi connectivity index (χ1n) is 11.6. The van der Waals surface area contributed by atoms with Crippen molar-refractivity contribution in [2.45, 2.75) is 19.8 Å². The molecule has 0 N–H and O–H groups in total. The summed E-state index contributed by atoms with van der Waals surface area (Å²) in [7, 11) is 0. The van der Waals surface area contributed by atoms with Gasteiger partial charge in [-0.25, -0.2) is 14.6 Å². The number of carbonyl (C=O) groups excluding carboxylic acids is 2. The summed E-state index contributed by atoms with van der Waals surface area (Å²) in [6.07, 6.45) is 3.74. The van der Waals surface area contributed by atoms with E-state index in [0.717, 1.165) is 22.5 Å². The van der Waals surface area contributed by atoms with E-state index >= 15 is 0 Å². The normalized spacial score (nSPS) is 13.9. The van der Waals surface area contributed by atoms with Crippen LogP contribution in [0.25, 0.3) is 16.7 Å². The number of Topliss-reactive ketones (excluding diaryl/α,β-unsaturated/α-hetero) is 1. The zero-order valence-corrected chi connectivity index (χ0v) is 20.1. The van der Waals surface area contributed by atoms with Gasteiger partial charge in [-0.1, -0.05) is 47.5 Å². The van der Waals surface area contributed by atoms with Gasteiger partial charge in [0.05, 0.1) is 17.3 Å². The van der Waals surface area contributed by atoms with Gasteiger partial charge >= 0.3 is 0 Å². The number of benzene rings is 2. The molecular formula is C26H25ClN6O2. The van der Waals surface area contributed by atoms with E-state index in [0.29, 0.717) is 42.4 Å². The van der Waals surface area contributed by atoms with E-state index in [2.05, 4.69) is 20.0 Å². The van der Waals surface area contributed by atoms with E-state index in [1.165, 1.54) is 6.33 Å². The molecule has 178 valence electrons. The van der Waals surface area contributed by atoms with Crippen molar-refractivity contribution in [2.75, 3.05) is 31.1 Å². The molecule has 8 nitrogen and oxygen atoms in total. The van der Waals surface area contributed by atoms with Gasteiger partial charge in [-0.05, 0) is 25.1 Å². The topological polar surface area (TPSA) is 84.2 Å². The van der Waals surface area contributed by atoms with Gasteiger partial charge in [0.15, 0.2) is 11.4 Å². The molecule has 9 heteroatoms. The highest BCUT2D eigenvalue weighted by Crippen LogP contribution is 2.26. The Morgan fingerprint density at radius 2 is 1.74 bits per heavy atom. The van der Waals surface area contributed by atoms with Crippen molar-refractivity contribution in [3.05, 3.63) is 77.2 Å². The third kappa shape index (κ3) is 4.88. The molecule has 5 rings (SSSR count). The van der Waals surface area contributed by atoms with E-state index < -0.39 is 0 Å². The minimum absolute atomic E-state index is 0.00270. The number of hydrogen-bond donors (Lipinski definition) is 0. The van der Waals surface area contributed by atoms with E-state index in [1.807, 2.05) is 60.4 Å². The van der Waals surface area contributed by atoms with Gasteiger partial charge in [0.25, 0.3) is 0 Å². The molecule has 0 aliphatic carbocycles. The largest absolute Gasteiger partial charge is 0.352 e. The van der Waals surface area contributed by atoms with E-state index in [1.54, 1.807) is 10.9 Å². The lowest BCUT2D eigenvalue weighted by molar-refractivity contribution is -0.131. The molecule has 35 heavy (non-hydrogen) atoms. The van der Waals surface area contributed by atoms with Gasteiger partial charge in [-0.15, -0.1) is 0 Å². The third-order valence-electron chi connectivity index (χ3n) is 6.27. The number of piperazine rings is 1. The number of amides is 1. The number of aryl methyl sites for hydroxylation is 1. The maximum atomic E-state index is 12.7. The maximum Gasteiger partial charge on any atom is 0.223 e. The average molecular weight is 489 g/mol. The van der Waals surface area contributed by atoms with Crippen molar-refractivity contribution in [3.63, 3.8) is 0 Å². The second kappa shape index (κ2) is 9.84. The number of hydrogen-bond acceptors (Lipinski definition) is 6. The monoisotopic (exact) mass is 488 g/mol. The second-order valence-corrected chi connectivity index (χ2v) is 9.06. The van der Waals surface area contributed by atoms with Crippen LogP contribution in [0.5, 0.6) is 0 Å². The maximum absolute atomic E-state index is 12.7. The van der Waals surface area contributed by atoms with Crippen LogP contribution in [0, 0.1) is 6.92 Å². The Morgan fingerprint density at radius 3 is 2.49 bits per heavy atom. The number of ketones is 1. The fourth-order valence-electron chi connectivity index (χ4n) is 4.31. The molecule has 0 unspecified atom stereocenters. The van der Waals surface area contributed by atoms with Gasteiger partial charge < -0.3 is 9.80 Å². The summed E-state index contributed by atoms with van der Waals surface area (Å²) in [6.45, 7) is 4.42. The molecule has 2 aromatic carbocycles. The number of anilines is 1. The van der Waals surface area contributed by atoms with Crippen LogP contribution >= 0.6 is 11.6 Å². The highest BCUT2D eigenvalue weighted by atomic mass is 35.5. The van der Waals surface area contributed by atoms with Crippen LogP contribution in [-0.4, -0.2) is 62.5 Å². The quantitative estimate of drug-likeness (QED) is 0.380. The molecule has 0 atom stereocenters. The van der Waals surface area contributed by atoms with Crippen molar-refractivity contribution in [2.24, 2.45) is 0 Å². The van der Waals surface area contributed by atoms with Gasteiger partial charge in [-0.3, -0.25) is 9.59 Å². The Morgan fingerprint density at radius 1 is 0.971 bits per heavy atom. The smallest absolute Gasteiger partial charge is 0.223 e. The minimum atomic E-state index is -0.00270. The first kappa shape index (κ1) is 23.0. The van der Waals surface area contributed by atoms with Crippen molar-refractivity contribution in [1.29, 1.82) is 0 Å². The summed E-state index contributed by atoms with van der Waals surface area (Å²) in [6, 6.07) is 14.9. The Balaban J connectivity index is 1.22. The standard InChI is InChI=1S/C26H25ClN6O2/c1-18-5-7-19(8-6-18)23(34)9-10-24(35)31-11-13-32(14-12-31)25-22-16-30-33(26(22)29-17-28-25)21-4-2-3-20(27)15-21/h2-8,15-17H,9-14H2,1H3. The van der Waals surface area contributed by atoms with Gasteiger partial charge in [0, 0.05) is 49.6 Å². The lowest BCUT2D eigenvalue weighted by atomic mass is 10.0. The van der Waals surface area contributed by atoms with Crippen LogP contribution in [0.15, 0.2) is 61.1 Å². The summed E-state index contributed by atoms with van der Waals surface area (Å²) in [5.41, 5.74) is 3.28. The van der Waals surface area contributed by atoms with Crippen molar-refractivity contribution in [1.82, 2.24) is 24.6 Å². The lowest BCUT2D eigenvalue weighted by Crippen LogP contribution is -2.49. The van der Waals surface area contributed by atoms with Crippen LogP contribution in [0.1, 0.15) is 28.8 Å². The Bertz CT molecular complexity index is 1380. The molecule has 0 bridgehead atoms. The van der Waals surface area contributed by atoms with Crippen LogP contribution < -0.4 is 4.90 Å². The molecule has 4 aromatic rings. The molecule has 0 spiro atoms. The van der Waals surface area contributed by atoms with Gasteiger partial charge in [0.1, 0.15) is 12.1 Å². The van der Waals surface area contributed by atoms with Crippen LogP contribution in [0.2, 0.25) is 5.02 Å². The SMILES string of the molecule is Cc1ccc(C(=O)CCC(=O)N2CCN(c3ncnc4c3cnn4-c3cccc(Cl)c3)CC2)cc1.